The fourth-order valence-electron chi connectivity index (χ4n) is 4.70. The fraction of sp³-hybridized carbons (Fsp3) is 0.625. The molecular weight excluding hydrogens is 408 g/mol. The van der Waals surface area contributed by atoms with Crippen LogP contribution in [-0.4, -0.2) is 54.9 Å². The highest BCUT2D eigenvalue weighted by Crippen LogP contribution is 2.35. The lowest BCUT2D eigenvalue weighted by Crippen LogP contribution is -2.38. The molecule has 1 atom stereocenters. The van der Waals surface area contributed by atoms with Gasteiger partial charge >= 0.3 is 12.2 Å². The monoisotopic (exact) mass is 444 g/mol. The summed E-state index contributed by atoms with van der Waals surface area (Å²) < 4.78 is 14.8. The number of nitrogens with one attached hydrogen (secondary N) is 1. The van der Waals surface area contributed by atoms with Crippen molar-refractivity contribution in [1.29, 1.82) is 0 Å². The van der Waals surface area contributed by atoms with Crippen molar-refractivity contribution in [2.75, 3.05) is 27.7 Å². The molecule has 8 nitrogen and oxygen atoms in total. The summed E-state index contributed by atoms with van der Waals surface area (Å²) in [7, 11) is 5.94. The van der Waals surface area contributed by atoms with Crippen LogP contribution in [0.1, 0.15) is 49.9 Å². The summed E-state index contributed by atoms with van der Waals surface area (Å²) in [6.07, 6.45) is 7.46. The van der Waals surface area contributed by atoms with Crippen molar-refractivity contribution in [1.82, 2.24) is 20.4 Å². The van der Waals surface area contributed by atoms with Crippen LogP contribution in [0.15, 0.2) is 34.9 Å². The number of aromatic nitrogens is 2. The van der Waals surface area contributed by atoms with Crippen LogP contribution in [0.25, 0.3) is 0 Å². The van der Waals surface area contributed by atoms with Gasteiger partial charge in [0, 0.05) is 19.7 Å². The number of carbonyl (C=O) groups is 1. The molecule has 0 spiro atoms. The van der Waals surface area contributed by atoms with Gasteiger partial charge in [0.25, 0.3) is 0 Å². The van der Waals surface area contributed by atoms with Gasteiger partial charge in [-0.1, -0.05) is 48.3 Å². The highest BCUT2D eigenvalue weighted by molar-refractivity contribution is 5.69. The smallest absolute Gasteiger partial charge is 0.377 e. The molecule has 0 saturated heterocycles. The highest BCUT2D eigenvalue weighted by Gasteiger charge is 2.28. The molecule has 0 radical (unpaired) electrons. The van der Waals surface area contributed by atoms with Gasteiger partial charge in [-0.15, -0.1) is 0 Å². The van der Waals surface area contributed by atoms with E-state index in [1.54, 1.807) is 0 Å². The molecule has 1 aromatic heterocycles. The van der Waals surface area contributed by atoms with Gasteiger partial charge < -0.3 is 19.7 Å². The quantitative estimate of drug-likeness (QED) is 0.559. The number of hydrogen-bond donors (Lipinski definition) is 1. The van der Waals surface area contributed by atoms with Crippen molar-refractivity contribution in [2.24, 2.45) is 11.8 Å². The van der Waals surface area contributed by atoms with Crippen LogP contribution in [0.3, 0.4) is 0 Å². The Morgan fingerprint density at radius 3 is 2.66 bits per heavy atom. The first kappa shape index (κ1) is 24.2. The SMILES string of the molecule is COCc1noc(OC(=O)NCCC2CCC(C(CCc3ccccc3)N(C)C)CC2)n1. The van der Waals surface area contributed by atoms with Crippen LogP contribution < -0.4 is 10.1 Å². The topological polar surface area (TPSA) is 89.7 Å². The summed E-state index contributed by atoms with van der Waals surface area (Å²) >= 11 is 0. The zero-order valence-corrected chi connectivity index (χ0v) is 19.5. The fourth-order valence-corrected chi connectivity index (χ4v) is 4.70. The van der Waals surface area contributed by atoms with Crippen molar-refractivity contribution in [3.63, 3.8) is 0 Å². The van der Waals surface area contributed by atoms with Crippen LogP contribution in [0.4, 0.5) is 4.79 Å². The van der Waals surface area contributed by atoms with Gasteiger partial charge in [-0.3, -0.25) is 4.52 Å². The standard InChI is InChI=1S/C24H36N4O4/c1-28(2)21(14-11-18-7-5-4-6-8-18)20-12-9-19(10-13-20)15-16-25-23(29)31-24-26-22(17-30-3)27-32-24/h4-8,19-21H,9-17H2,1-3H3,(H,25,29). The van der Waals surface area contributed by atoms with Crippen LogP contribution in [0.2, 0.25) is 0 Å². The average Bonchev–Trinajstić information content (AvgIpc) is 3.22. The Labute approximate surface area is 190 Å². The molecule has 1 saturated carbocycles. The molecule has 1 amide bonds. The number of nitrogens with zero attached hydrogens (tertiary/aromatic N) is 3. The molecule has 1 unspecified atom stereocenters. The van der Waals surface area contributed by atoms with Crippen molar-refractivity contribution in [3.8, 4) is 6.08 Å². The first-order valence-electron chi connectivity index (χ1n) is 11.5. The molecule has 3 rings (SSSR count). The lowest BCUT2D eigenvalue weighted by Gasteiger charge is -2.37. The summed E-state index contributed by atoms with van der Waals surface area (Å²) in [6, 6.07) is 11.4. The van der Waals surface area contributed by atoms with E-state index in [9.17, 15) is 4.79 Å². The molecular formula is C24H36N4O4. The predicted octanol–water partition coefficient (Wildman–Crippen LogP) is 4.06. The molecule has 176 valence electrons. The summed E-state index contributed by atoms with van der Waals surface area (Å²) in [5, 5.41) is 6.44. The van der Waals surface area contributed by atoms with Gasteiger partial charge in [0.1, 0.15) is 6.61 Å². The second-order valence-electron chi connectivity index (χ2n) is 8.85. The summed E-state index contributed by atoms with van der Waals surface area (Å²) in [5.41, 5.74) is 1.42. The van der Waals surface area contributed by atoms with E-state index in [-0.39, 0.29) is 12.7 Å². The number of benzene rings is 1. The van der Waals surface area contributed by atoms with Gasteiger partial charge in [0.05, 0.1) is 0 Å². The Morgan fingerprint density at radius 2 is 1.97 bits per heavy atom. The molecule has 0 aliphatic heterocycles. The van der Waals surface area contributed by atoms with Gasteiger partial charge in [-0.2, -0.15) is 4.98 Å². The number of methoxy groups -OCH3 is 1. The Balaban J connectivity index is 1.34. The Morgan fingerprint density at radius 1 is 1.22 bits per heavy atom. The summed E-state index contributed by atoms with van der Waals surface area (Å²) in [4.78, 5) is 18.3. The number of aryl methyl sites for hydroxylation is 1. The van der Waals surface area contributed by atoms with E-state index in [0.29, 0.717) is 24.3 Å². The zero-order chi connectivity index (χ0) is 22.8. The van der Waals surface area contributed by atoms with E-state index in [0.717, 1.165) is 18.8 Å². The van der Waals surface area contributed by atoms with Crippen molar-refractivity contribution < 1.29 is 18.8 Å². The molecule has 32 heavy (non-hydrogen) atoms. The lowest BCUT2D eigenvalue weighted by atomic mass is 9.76. The zero-order valence-electron chi connectivity index (χ0n) is 19.5. The van der Waals surface area contributed by atoms with Gasteiger partial charge in [-0.05, 0) is 63.6 Å². The maximum absolute atomic E-state index is 11.9. The summed E-state index contributed by atoms with van der Waals surface area (Å²) in [5.74, 6) is 1.72. The number of hydrogen-bond acceptors (Lipinski definition) is 7. The molecule has 1 fully saturated rings. The van der Waals surface area contributed by atoms with E-state index in [4.69, 9.17) is 14.0 Å². The molecule has 1 N–H and O–H groups in total. The van der Waals surface area contributed by atoms with E-state index in [1.807, 2.05) is 0 Å². The Kier molecular flexibility index (Phi) is 9.49. The molecule has 1 aliphatic carbocycles. The Hall–Kier alpha value is -2.45. The third-order valence-corrected chi connectivity index (χ3v) is 6.40. The van der Waals surface area contributed by atoms with E-state index < -0.39 is 6.09 Å². The van der Waals surface area contributed by atoms with Crippen molar-refractivity contribution in [3.05, 3.63) is 41.7 Å². The minimum absolute atomic E-state index is 0.166. The number of amides is 1. The molecule has 1 heterocycles. The predicted molar refractivity (Wildman–Crippen MR) is 121 cm³/mol. The highest BCUT2D eigenvalue weighted by atomic mass is 16.7. The van der Waals surface area contributed by atoms with Gasteiger partial charge in [0.2, 0.25) is 5.82 Å². The largest absolute Gasteiger partial charge is 0.426 e. The van der Waals surface area contributed by atoms with Crippen LogP contribution >= 0.6 is 0 Å². The van der Waals surface area contributed by atoms with Gasteiger partial charge in [0.15, 0.2) is 0 Å². The lowest BCUT2D eigenvalue weighted by molar-refractivity contribution is 0.137. The normalized spacial score (nSPS) is 19.6. The minimum Gasteiger partial charge on any atom is -0.377 e. The van der Waals surface area contributed by atoms with Crippen molar-refractivity contribution in [2.45, 2.75) is 57.6 Å². The number of ether oxygens (including phenoxy) is 2. The van der Waals surface area contributed by atoms with E-state index in [2.05, 4.69) is 64.8 Å². The maximum Gasteiger partial charge on any atom is 0.426 e. The van der Waals surface area contributed by atoms with Gasteiger partial charge in [-0.25, -0.2) is 4.79 Å². The number of rotatable bonds is 11. The first-order valence-corrected chi connectivity index (χ1v) is 11.5. The van der Waals surface area contributed by atoms with Crippen LogP contribution in [-0.2, 0) is 17.8 Å². The second kappa shape index (κ2) is 12.6. The first-order chi connectivity index (χ1) is 15.5. The Bertz CT molecular complexity index is 803. The van der Waals surface area contributed by atoms with Crippen LogP contribution in [0, 0.1) is 11.8 Å². The molecule has 1 aromatic carbocycles. The van der Waals surface area contributed by atoms with Crippen LogP contribution in [0.5, 0.6) is 6.08 Å². The third kappa shape index (κ3) is 7.60. The number of carbonyl (C=O) groups excluding carboxylic acids is 1. The molecule has 8 heteroatoms. The molecule has 2 aromatic rings. The van der Waals surface area contributed by atoms with Crippen molar-refractivity contribution >= 4 is 6.09 Å². The maximum atomic E-state index is 11.9. The third-order valence-electron chi connectivity index (χ3n) is 6.40. The van der Waals surface area contributed by atoms with E-state index >= 15 is 0 Å². The minimum atomic E-state index is -0.570. The average molecular weight is 445 g/mol. The molecule has 1 aliphatic rings. The second-order valence-corrected chi connectivity index (χ2v) is 8.85. The molecule has 0 bridgehead atoms. The van der Waals surface area contributed by atoms with E-state index in [1.165, 1.54) is 44.8 Å². The summed E-state index contributed by atoms with van der Waals surface area (Å²) in [6.45, 7) is 0.788.